The van der Waals surface area contributed by atoms with E-state index in [9.17, 15) is 0 Å². The lowest BCUT2D eigenvalue weighted by atomic mass is 10.1. The van der Waals surface area contributed by atoms with E-state index in [1.54, 1.807) is 18.4 Å². The zero-order valence-electron chi connectivity index (χ0n) is 15.6. The maximum atomic E-state index is 5.57. The van der Waals surface area contributed by atoms with Gasteiger partial charge in [0.25, 0.3) is 0 Å². The molecule has 0 atom stereocenters. The van der Waals surface area contributed by atoms with E-state index in [4.69, 9.17) is 14.5 Å². The first kappa shape index (κ1) is 17.8. The van der Waals surface area contributed by atoms with E-state index in [0.29, 0.717) is 6.61 Å². The first-order valence-corrected chi connectivity index (χ1v) is 9.99. The number of rotatable bonds is 8. The molecule has 2 aromatic carbocycles. The Bertz CT molecular complexity index is 1040. The van der Waals surface area contributed by atoms with E-state index < -0.39 is 0 Å². The van der Waals surface area contributed by atoms with Gasteiger partial charge in [0.1, 0.15) is 17.3 Å². The van der Waals surface area contributed by atoms with Crippen LogP contribution in [0.5, 0.6) is 5.75 Å². The Balaban J connectivity index is 1.78. The highest BCUT2D eigenvalue weighted by Gasteiger charge is 2.18. The number of thiazole rings is 1. The summed E-state index contributed by atoms with van der Waals surface area (Å²) in [6.07, 6.45) is 0.939. The van der Waals surface area contributed by atoms with Crippen LogP contribution in [0.15, 0.2) is 48.5 Å². The van der Waals surface area contributed by atoms with Crippen LogP contribution in [0.4, 0.5) is 5.82 Å². The minimum Gasteiger partial charge on any atom is -0.494 e. The fourth-order valence-corrected chi connectivity index (χ4v) is 4.21. The molecule has 5 nitrogen and oxygen atoms in total. The molecule has 6 heteroatoms. The third-order valence-electron chi connectivity index (χ3n) is 4.41. The molecule has 0 aliphatic carbocycles. The summed E-state index contributed by atoms with van der Waals surface area (Å²) in [5.41, 5.74) is 3.22. The summed E-state index contributed by atoms with van der Waals surface area (Å²) >= 11 is 1.71. The topological polar surface area (TPSA) is 47.8 Å². The highest BCUT2D eigenvalue weighted by molar-refractivity contribution is 7.23. The van der Waals surface area contributed by atoms with E-state index in [-0.39, 0.29) is 0 Å². The minimum absolute atomic E-state index is 0.665. The zero-order chi connectivity index (χ0) is 18.6. The molecule has 0 unspecified atom stereocenters. The van der Waals surface area contributed by atoms with Crippen LogP contribution in [0, 0.1) is 0 Å². The second-order valence-electron chi connectivity index (χ2n) is 6.23. The number of benzene rings is 2. The van der Waals surface area contributed by atoms with Gasteiger partial charge in [-0.05, 0) is 49.7 Å². The van der Waals surface area contributed by atoms with Crippen LogP contribution in [0.3, 0.4) is 0 Å². The molecule has 0 aliphatic rings. The summed E-state index contributed by atoms with van der Waals surface area (Å²) in [5.74, 6) is 1.91. The van der Waals surface area contributed by atoms with Crippen LogP contribution in [-0.4, -0.2) is 36.3 Å². The Kier molecular flexibility index (Phi) is 5.27. The standard InChI is InChI=1S/C21H23N3O2S/c1-3-26-16-11-9-15(10-12-16)19-20(22-13-6-14-25-2)24-17-7-4-5-8-18(17)27-21(24)23-19/h4-5,7-12,22H,3,6,13-14H2,1-2H3. The lowest BCUT2D eigenvalue weighted by Gasteiger charge is -2.09. The van der Waals surface area contributed by atoms with E-state index in [0.717, 1.165) is 47.4 Å². The van der Waals surface area contributed by atoms with Gasteiger partial charge < -0.3 is 14.8 Å². The lowest BCUT2D eigenvalue weighted by Crippen LogP contribution is -2.07. The molecule has 0 saturated carbocycles. The van der Waals surface area contributed by atoms with Gasteiger partial charge in [-0.3, -0.25) is 4.40 Å². The number of anilines is 1. The SMILES string of the molecule is CCOc1ccc(-c2nc3sc4ccccc4n3c2NCCCOC)cc1. The fraction of sp³-hybridized carbons (Fsp3) is 0.286. The molecule has 0 amide bonds. The molecule has 0 saturated heterocycles. The maximum Gasteiger partial charge on any atom is 0.197 e. The number of para-hydroxylation sites is 1. The first-order chi connectivity index (χ1) is 13.3. The smallest absolute Gasteiger partial charge is 0.197 e. The number of nitrogens with one attached hydrogen (secondary N) is 1. The average molecular weight is 382 g/mol. The molecule has 0 spiro atoms. The Labute approximate surface area is 162 Å². The number of fused-ring (bicyclic) bond motifs is 3. The Hall–Kier alpha value is -2.57. The van der Waals surface area contributed by atoms with Crippen LogP contribution in [-0.2, 0) is 4.74 Å². The van der Waals surface area contributed by atoms with E-state index in [2.05, 4.69) is 46.1 Å². The zero-order valence-corrected chi connectivity index (χ0v) is 16.4. The van der Waals surface area contributed by atoms with Crippen LogP contribution >= 0.6 is 11.3 Å². The predicted molar refractivity (Wildman–Crippen MR) is 112 cm³/mol. The molecular weight excluding hydrogens is 358 g/mol. The lowest BCUT2D eigenvalue weighted by molar-refractivity contribution is 0.198. The van der Waals surface area contributed by atoms with Gasteiger partial charge in [-0.15, -0.1) is 0 Å². The maximum absolute atomic E-state index is 5.57. The number of methoxy groups -OCH3 is 1. The van der Waals surface area contributed by atoms with E-state index in [1.165, 1.54) is 10.2 Å². The molecule has 0 aliphatic heterocycles. The van der Waals surface area contributed by atoms with Gasteiger partial charge in [0.2, 0.25) is 0 Å². The van der Waals surface area contributed by atoms with Gasteiger partial charge in [-0.1, -0.05) is 23.5 Å². The molecule has 27 heavy (non-hydrogen) atoms. The molecule has 0 fully saturated rings. The molecule has 4 aromatic rings. The van der Waals surface area contributed by atoms with E-state index in [1.807, 2.05) is 19.1 Å². The van der Waals surface area contributed by atoms with Gasteiger partial charge in [0.15, 0.2) is 4.96 Å². The largest absolute Gasteiger partial charge is 0.494 e. The van der Waals surface area contributed by atoms with Crippen molar-refractivity contribution in [3.05, 3.63) is 48.5 Å². The van der Waals surface area contributed by atoms with Crippen molar-refractivity contribution in [2.45, 2.75) is 13.3 Å². The summed E-state index contributed by atoms with van der Waals surface area (Å²) in [4.78, 5) is 5.94. The van der Waals surface area contributed by atoms with Crippen molar-refractivity contribution in [3.8, 4) is 17.0 Å². The first-order valence-electron chi connectivity index (χ1n) is 9.18. The van der Waals surface area contributed by atoms with E-state index >= 15 is 0 Å². The van der Waals surface area contributed by atoms with Crippen LogP contribution in [0.25, 0.3) is 26.4 Å². The molecule has 0 radical (unpaired) electrons. The highest BCUT2D eigenvalue weighted by Crippen LogP contribution is 2.36. The summed E-state index contributed by atoms with van der Waals surface area (Å²) < 4.78 is 14.2. The highest BCUT2D eigenvalue weighted by atomic mass is 32.1. The van der Waals surface area contributed by atoms with Gasteiger partial charge in [0, 0.05) is 25.8 Å². The van der Waals surface area contributed by atoms with Crippen molar-refractivity contribution in [2.24, 2.45) is 0 Å². The third-order valence-corrected chi connectivity index (χ3v) is 5.43. The fourth-order valence-electron chi connectivity index (χ4n) is 3.18. The Morgan fingerprint density at radius 3 is 2.70 bits per heavy atom. The number of hydrogen-bond acceptors (Lipinski definition) is 5. The van der Waals surface area contributed by atoms with Gasteiger partial charge in [-0.25, -0.2) is 4.98 Å². The molecule has 4 rings (SSSR count). The number of hydrogen-bond donors (Lipinski definition) is 1. The predicted octanol–water partition coefficient (Wildman–Crippen LogP) is 5.06. The average Bonchev–Trinajstić information content (AvgIpc) is 3.22. The number of nitrogens with zero attached hydrogens (tertiary/aromatic N) is 2. The molecule has 0 bridgehead atoms. The molecule has 1 N–H and O–H groups in total. The normalized spacial score (nSPS) is 11.3. The third kappa shape index (κ3) is 3.50. The van der Waals surface area contributed by atoms with Gasteiger partial charge in [0.05, 0.1) is 16.8 Å². The summed E-state index contributed by atoms with van der Waals surface area (Å²) in [6, 6.07) is 16.6. The molecule has 2 aromatic heterocycles. The number of aromatic nitrogens is 2. The Morgan fingerprint density at radius 1 is 1.11 bits per heavy atom. The van der Waals surface area contributed by atoms with Crippen molar-refractivity contribution in [2.75, 3.05) is 32.2 Å². The Morgan fingerprint density at radius 2 is 1.93 bits per heavy atom. The van der Waals surface area contributed by atoms with Crippen LogP contribution in [0.1, 0.15) is 13.3 Å². The van der Waals surface area contributed by atoms with Crippen LogP contribution < -0.4 is 10.1 Å². The number of imidazole rings is 1. The quantitative estimate of drug-likeness (QED) is 0.433. The van der Waals surface area contributed by atoms with Crippen molar-refractivity contribution >= 4 is 32.3 Å². The van der Waals surface area contributed by atoms with Crippen molar-refractivity contribution in [1.29, 1.82) is 0 Å². The summed E-state index contributed by atoms with van der Waals surface area (Å²) in [5, 5.41) is 3.58. The van der Waals surface area contributed by atoms with Gasteiger partial charge >= 0.3 is 0 Å². The summed E-state index contributed by atoms with van der Waals surface area (Å²) in [7, 11) is 1.73. The van der Waals surface area contributed by atoms with Crippen molar-refractivity contribution < 1.29 is 9.47 Å². The van der Waals surface area contributed by atoms with Crippen molar-refractivity contribution in [3.63, 3.8) is 0 Å². The number of ether oxygens (including phenoxy) is 2. The van der Waals surface area contributed by atoms with Crippen molar-refractivity contribution in [1.82, 2.24) is 9.38 Å². The molecule has 2 heterocycles. The monoisotopic (exact) mass is 381 g/mol. The second kappa shape index (κ2) is 7.98. The minimum atomic E-state index is 0.665. The summed E-state index contributed by atoms with van der Waals surface area (Å²) in [6.45, 7) is 4.22. The van der Waals surface area contributed by atoms with Crippen LogP contribution in [0.2, 0.25) is 0 Å². The second-order valence-corrected chi connectivity index (χ2v) is 7.24. The molecular formula is C21H23N3O2S. The molecule has 140 valence electrons. The van der Waals surface area contributed by atoms with Gasteiger partial charge in [-0.2, -0.15) is 0 Å².